The fraction of sp³-hybridized carbons (Fsp3) is 0.204. The molecule has 1 aliphatic rings. The Bertz CT molecular complexity index is 1990. The van der Waals surface area contributed by atoms with Gasteiger partial charge < -0.3 is 9.16 Å². The van der Waals surface area contributed by atoms with Gasteiger partial charge >= 0.3 is 0 Å². The van der Waals surface area contributed by atoms with Crippen LogP contribution in [0.3, 0.4) is 0 Å². The SMILES string of the molecule is CC1=C(C(=O)c2ccccc2)CC(O[Si](c2ccccc2)(c2ccccc2)C(C)(C)C)C1COC(c1ccccc1)(c1ccccc1)c1ccccc1. The summed E-state index contributed by atoms with van der Waals surface area (Å²) in [7, 11) is -2.99. The average Bonchev–Trinajstić information content (AvgIpc) is 3.52. The van der Waals surface area contributed by atoms with Gasteiger partial charge in [0, 0.05) is 23.5 Å². The zero-order chi connectivity index (χ0) is 36.9. The van der Waals surface area contributed by atoms with E-state index in [2.05, 4.69) is 161 Å². The normalized spacial score (nSPS) is 16.5. The molecular weight excluding hydrogens is 665 g/mol. The molecule has 266 valence electrons. The number of carbonyl (C=O) groups is 1. The van der Waals surface area contributed by atoms with E-state index in [1.807, 2.05) is 48.5 Å². The molecule has 0 saturated heterocycles. The Morgan fingerprint density at radius 3 is 1.36 bits per heavy atom. The molecule has 0 heterocycles. The van der Waals surface area contributed by atoms with E-state index in [4.69, 9.17) is 9.16 Å². The first-order valence-corrected chi connectivity index (χ1v) is 20.6. The van der Waals surface area contributed by atoms with Crippen molar-refractivity contribution in [3.63, 3.8) is 0 Å². The summed E-state index contributed by atoms with van der Waals surface area (Å²) in [5.41, 5.74) is 4.77. The van der Waals surface area contributed by atoms with Crippen LogP contribution in [-0.2, 0) is 14.8 Å². The zero-order valence-corrected chi connectivity index (χ0v) is 32.1. The number of ether oxygens (including phenoxy) is 1. The third-order valence-electron chi connectivity index (χ3n) is 11.0. The fourth-order valence-electron chi connectivity index (χ4n) is 8.30. The minimum Gasteiger partial charge on any atom is -0.403 e. The minimum absolute atomic E-state index is 0.0575. The number of benzene rings is 6. The number of Topliss-reactive ketones (excluding diaryl/α,β-unsaturated/α-hetero) is 1. The lowest BCUT2D eigenvalue weighted by Crippen LogP contribution is -2.68. The average molecular weight is 713 g/mol. The van der Waals surface area contributed by atoms with Crippen molar-refractivity contribution in [3.05, 3.63) is 215 Å². The summed E-state index contributed by atoms with van der Waals surface area (Å²) < 4.78 is 15.4. The smallest absolute Gasteiger partial charge is 0.261 e. The third-order valence-corrected chi connectivity index (χ3v) is 16.0. The van der Waals surface area contributed by atoms with Gasteiger partial charge in [-0.2, -0.15) is 0 Å². The molecule has 0 radical (unpaired) electrons. The molecule has 4 heteroatoms. The van der Waals surface area contributed by atoms with Gasteiger partial charge in [-0.15, -0.1) is 0 Å². The summed E-state index contributed by atoms with van der Waals surface area (Å²) in [6.45, 7) is 9.39. The van der Waals surface area contributed by atoms with Gasteiger partial charge in [0.25, 0.3) is 8.32 Å². The molecule has 0 aromatic heterocycles. The molecule has 3 nitrogen and oxygen atoms in total. The van der Waals surface area contributed by atoms with Gasteiger partial charge in [-0.1, -0.05) is 208 Å². The largest absolute Gasteiger partial charge is 0.403 e. The van der Waals surface area contributed by atoms with E-state index < -0.39 is 13.9 Å². The van der Waals surface area contributed by atoms with Crippen LogP contribution in [0, 0.1) is 5.92 Å². The van der Waals surface area contributed by atoms with E-state index in [-0.39, 0.29) is 22.8 Å². The maximum absolute atomic E-state index is 14.4. The molecule has 0 saturated carbocycles. The van der Waals surface area contributed by atoms with E-state index in [1.54, 1.807) is 0 Å². The van der Waals surface area contributed by atoms with Gasteiger partial charge in [0.15, 0.2) is 5.78 Å². The fourth-order valence-corrected chi connectivity index (χ4v) is 13.0. The number of hydrogen-bond acceptors (Lipinski definition) is 3. The molecule has 0 fully saturated rings. The highest BCUT2D eigenvalue weighted by Crippen LogP contribution is 2.46. The lowest BCUT2D eigenvalue weighted by Gasteiger charge is -2.46. The Hall–Kier alpha value is -5.13. The first-order chi connectivity index (χ1) is 25.8. The summed E-state index contributed by atoms with van der Waals surface area (Å²) in [5, 5.41) is 2.19. The van der Waals surface area contributed by atoms with Crippen LogP contribution in [0.4, 0.5) is 0 Å². The van der Waals surface area contributed by atoms with Crippen LogP contribution in [-0.4, -0.2) is 26.8 Å². The third kappa shape index (κ3) is 6.91. The predicted molar refractivity (Wildman–Crippen MR) is 219 cm³/mol. The van der Waals surface area contributed by atoms with E-state index in [0.717, 1.165) is 27.8 Å². The maximum atomic E-state index is 14.4. The van der Waals surface area contributed by atoms with E-state index >= 15 is 0 Å². The molecule has 2 unspecified atom stereocenters. The van der Waals surface area contributed by atoms with Gasteiger partial charge in [0.2, 0.25) is 0 Å². The number of hydrogen-bond donors (Lipinski definition) is 0. The van der Waals surface area contributed by atoms with Crippen LogP contribution in [0.2, 0.25) is 5.04 Å². The molecule has 2 atom stereocenters. The minimum atomic E-state index is -2.99. The lowest BCUT2D eigenvalue weighted by molar-refractivity contribution is -0.0214. The maximum Gasteiger partial charge on any atom is 0.261 e. The summed E-state index contributed by atoms with van der Waals surface area (Å²) >= 11 is 0. The highest BCUT2D eigenvalue weighted by molar-refractivity contribution is 6.99. The zero-order valence-electron chi connectivity index (χ0n) is 31.1. The van der Waals surface area contributed by atoms with E-state index in [0.29, 0.717) is 18.6 Å². The van der Waals surface area contributed by atoms with Crippen molar-refractivity contribution in [1.82, 2.24) is 0 Å². The molecule has 1 aliphatic carbocycles. The van der Waals surface area contributed by atoms with Crippen LogP contribution < -0.4 is 10.4 Å². The molecule has 0 N–H and O–H groups in total. The highest BCUT2D eigenvalue weighted by atomic mass is 28.4. The Kier molecular flexibility index (Phi) is 10.6. The van der Waals surface area contributed by atoms with Crippen molar-refractivity contribution in [2.45, 2.75) is 50.9 Å². The van der Waals surface area contributed by atoms with Crippen LogP contribution in [0.1, 0.15) is 61.2 Å². The van der Waals surface area contributed by atoms with E-state index in [9.17, 15) is 4.79 Å². The van der Waals surface area contributed by atoms with Crippen LogP contribution in [0.15, 0.2) is 193 Å². The van der Waals surface area contributed by atoms with Crippen molar-refractivity contribution in [3.8, 4) is 0 Å². The number of carbonyl (C=O) groups excluding carboxylic acids is 1. The van der Waals surface area contributed by atoms with Crippen molar-refractivity contribution >= 4 is 24.5 Å². The van der Waals surface area contributed by atoms with E-state index in [1.165, 1.54) is 10.4 Å². The van der Waals surface area contributed by atoms with Crippen LogP contribution >= 0.6 is 0 Å². The molecule has 0 amide bonds. The highest BCUT2D eigenvalue weighted by Gasteiger charge is 2.54. The second-order valence-electron chi connectivity index (χ2n) is 15.1. The van der Waals surface area contributed by atoms with Gasteiger partial charge in [-0.25, -0.2) is 0 Å². The summed E-state index contributed by atoms with van der Waals surface area (Å²) in [5.74, 6) is -0.128. The van der Waals surface area contributed by atoms with Gasteiger partial charge in [-0.05, 0) is 39.0 Å². The first kappa shape index (κ1) is 36.2. The van der Waals surface area contributed by atoms with Crippen molar-refractivity contribution < 1.29 is 14.0 Å². The summed E-state index contributed by atoms with van der Waals surface area (Å²) in [4.78, 5) is 14.4. The Labute approximate surface area is 316 Å². The van der Waals surface area contributed by atoms with Gasteiger partial charge in [0.05, 0.1) is 12.7 Å². The molecule has 7 rings (SSSR count). The lowest BCUT2D eigenvalue weighted by atomic mass is 9.80. The predicted octanol–water partition coefficient (Wildman–Crippen LogP) is 10.2. The standard InChI is InChI=1S/C49H48O3Si/c1-37-44(47(50)38-23-11-5-12-24-38)35-46(52-53(48(2,3)4,42-31-19-9-20-32-42)43-33-21-10-22-34-43)45(37)36-51-49(39-25-13-6-14-26-39,40-27-15-7-16-28-40)41-29-17-8-18-30-41/h5-34,45-46H,35-36H2,1-4H3. The quantitative estimate of drug-likeness (QED) is 0.0720. The van der Waals surface area contributed by atoms with Crippen molar-refractivity contribution in [2.24, 2.45) is 5.92 Å². The monoisotopic (exact) mass is 712 g/mol. The molecular formula is C49H48O3Si. The van der Waals surface area contributed by atoms with Crippen LogP contribution in [0.5, 0.6) is 0 Å². The summed E-state index contributed by atoms with van der Waals surface area (Å²) in [6.07, 6.45) is 0.205. The molecule has 0 bridgehead atoms. The molecule has 6 aromatic carbocycles. The first-order valence-electron chi connectivity index (χ1n) is 18.6. The van der Waals surface area contributed by atoms with Gasteiger partial charge in [0.1, 0.15) is 5.60 Å². The molecule has 0 spiro atoms. The number of ketones is 1. The van der Waals surface area contributed by atoms with Crippen LogP contribution in [0.25, 0.3) is 0 Å². The topological polar surface area (TPSA) is 35.5 Å². The Balaban J connectivity index is 1.38. The van der Waals surface area contributed by atoms with Gasteiger partial charge in [-0.3, -0.25) is 4.79 Å². The van der Waals surface area contributed by atoms with Crippen molar-refractivity contribution in [1.29, 1.82) is 0 Å². The molecule has 6 aromatic rings. The second kappa shape index (κ2) is 15.5. The second-order valence-corrected chi connectivity index (χ2v) is 19.3. The number of rotatable bonds is 12. The van der Waals surface area contributed by atoms with Crippen molar-refractivity contribution in [2.75, 3.05) is 6.61 Å². The molecule has 0 aliphatic heterocycles. The summed E-state index contributed by atoms with van der Waals surface area (Å²) in [6, 6.07) is 62.7. The Morgan fingerprint density at radius 2 is 0.962 bits per heavy atom. The Morgan fingerprint density at radius 1 is 0.585 bits per heavy atom. The molecule has 53 heavy (non-hydrogen) atoms.